The first-order valence-electron chi connectivity index (χ1n) is 4.78. The number of nitriles is 1. The van der Waals surface area contributed by atoms with Crippen molar-refractivity contribution in [3.05, 3.63) is 36.0 Å². The van der Waals surface area contributed by atoms with Crippen LogP contribution in [-0.4, -0.2) is 11.6 Å². The van der Waals surface area contributed by atoms with Crippen molar-refractivity contribution in [1.29, 1.82) is 5.26 Å². The summed E-state index contributed by atoms with van der Waals surface area (Å²) in [5, 5.41) is 9.76. The molecular weight excluding hydrogens is 188 g/mol. The van der Waals surface area contributed by atoms with Crippen molar-refractivity contribution < 1.29 is 4.74 Å². The minimum absolute atomic E-state index is 0.386. The minimum Gasteiger partial charge on any atom is -0.493 e. The molecule has 3 heteroatoms. The van der Waals surface area contributed by atoms with Crippen molar-refractivity contribution >= 4 is 10.9 Å². The Bertz CT molecular complexity index is 529. The first-order valence-corrected chi connectivity index (χ1v) is 4.78. The Morgan fingerprint density at radius 2 is 2.20 bits per heavy atom. The van der Waals surface area contributed by atoms with E-state index in [1.807, 2.05) is 37.3 Å². The highest BCUT2D eigenvalue weighted by molar-refractivity contribution is 5.85. The molecule has 1 aromatic carbocycles. The van der Waals surface area contributed by atoms with E-state index in [1.165, 1.54) is 0 Å². The lowest BCUT2D eigenvalue weighted by atomic mass is 10.2. The number of rotatable bonds is 2. The molecule has 0 saturated heterocycles. The first kappa shape index (κ1) is 9.47. The van der Waals surface area contributed by atoms with Crippen LogP contribution in [0.4, 0.5) is 0 Å². The van der Waals surface area contributed by atoms with E-state index in [1.54, 1.807) is 6.07 Å². The van der Waals surface area contributed by atoms with E-state index < -0.39 is 0 Å². The molecule has 0 spiro atoms. The molecule has 0 aliphatic rings. The molecule has 0 fully saturated rings. The number of aromatic nitrogens is 1. The lowest BCUT2D eigenvalue weighted by Gasteiger charge is -2.06. The predicted octanol–water partition coefficient (Wildman–Crippen LogP) is 2.51. The lowest BCUT2D eigenvalue weighted by molar-refractivity contribution is 0.344. The molecular formula is C12H10N2O. The maximum absolute atomic E-state index is 8.82. The van der Waals surface area contributed by atoms with Gasteiger partial charge in [0.2, 0.25) is 0 Å². The SMILES string of the molecule is CCOc1cc(C#N)nc2ccccc12. The van der Waals surface area contributed by atoms with Gasteiger partial charge < -0.3 is 4.74 Å². The number of fused-ring (bicyclic) bond motifs is 1. The Morgan fingerprint density at radius 3 is 2.93 bits per heavy atom. The summed E-state index contributed by atoms with van der Waals surface area (Å²) in [6.07, 6.45) is 0. The second-order valence-corrected chi connectivity index (χ2v) is 3.07. The van der Waals surface area contributed by atoms with E-state index in [-0.39, 0.29) is 0 Å². The summed E-state index contributed by atoms with van der Waals surface area (Å²) in [6.45, 7) is 2.50. The van der Waals surface area contributed by atoms with E-state index in [0.29, 0.717) is 12.3 Å². The molecule has 1 heterocycles. The summed E-state index contributed by atoms with van der Waals surface area (Å²) in [5.41, 5.74) is 1.18. The summed E-state index contributed by atoms with van der Waals surface area (Å²) in [7, 11) is 0. The third-order valence-electron chi connectivity index (χ3n) is 2.09. The molecule has 2 aromatic rings. The van der Waals surface area contributed by atoms with E-state index in [9.17, 15) is 0 Å². The molecule has 0 aliphatic heterocycles. The fourth-order valence-electron chi connectivity index (χ4n) is 1.48. The van der Waals surface area contributed by atoms with Gasteiger partial charge in [-0.3, -0.25) is 0 Å². The average molecular weight is 198 g/mol. The van der Waals surface area contributed by atoms with Crippen molar-refractivity contribution in [2.24, 2.45) is 0 Å². The average Bonchev–Trinajstić information content (AvgIpc) is 2.29. The van der Waals surface area contributed by atoms with Gasteiger partial charge in [-0.05, 0) is 19.1 Å². The fraction of sp³-hybridized carbons (Fsp3) is 0.167. The molecule has 74 valence electrons. The van der Waals surface area contributed by atoms with Crippen LogP contribution in [0.5, 0.6) is 5.75 Å². The zero-order chi connectivity index (χ0) is 10.7. The Labute approximate surface area is 87.9 Å². The molecule has 0 atom stereocenters. The van der Waals surface area contributed by atoms with Gasteiger partial charge in [-0.2, -0.15) is 5.26 Å². The summed E-state index contributed by atoms with van der Waals surface area (Å²) in [4.78, 5) is 4.20. The zero-order valence-electron chi connectivity index (χ0n) is 8.40. The normalized spacial score (nSPS) is 9.87. The second kappa shape index (κ2) is 3.97. The van der Waals surface area contributed by atoms with Crippen LogP contribution in [0.25, 0.3) is 10.9 Å². The largest absolute Gasteiger partial charge is 0.493 e. The molecule has 15 heavy (non-hydrogen) atoms. The quantitative estimate of drug-likeness (QED) is 0.744. The molecule has 0 bridgehead atoms. The van der Waals surface area contributed by atoms with Gasteiger partial charge in [-0.15, -0.1) is 0 Å². The van der Waals surface area contributed by atoms with Crippen LogP contribution in [0.1, 0.15) is 12.6 Å². The number of nitrogens with zero attached hydrogens (tertiary/aromatic N) is 2. The second-order valence-electron chi connectivity index (χ2n) is 3.07. The Kier molecular flexibility index (Phi) is 2.51. The lowest BCUT2D eigenvalue weighted by Crippen LogP contribution is -1.95. The summed E-state index contributed by atoms with van der Waals surface area (Å²) >= 11 is 0. The number of para-hydroxylation sites is 1. The smallest absolute Gasteiger partial charge is 0.144 e. The van der Waals surface area contributed by atoms with Crippen LogP contribution in [0.2, 0.25) is 0 Å². The summed E-state index contributed by atoms with van der Waals surface area (Å²) in [6, 6.07) is 11.3. The molecule has 3 nitrogen and oxygen atoms in total. The predicted molar refractivity (Wildman–Crippen MR) is 57.6 cm³/mol. The van der Waals surface area contributed by atoms with Crippen molar-refractivity contribution in [2.75, 3.05) is 6.61 Å². The molecule has 0 aliphatic carbocycles. The van der Waals surface area contributed by atoms with Crippen LogP contribution in [0.3, 0.4) is 0 Å². The molecule has 0 radical (unpaired) electrons. The topological polar surface area (TPSA) is 45.9 Å². The zero-order valence-corrected chi connectivity index (χ0v) is 8.40. The number of pyridine rings is 1. The van der Waals surface area contributed by atoms with Gasteiger partial charge in [0.1, 0.15) is 17.5 Å². The van der Waals surface area contributed by atoms with Crippen LogP contribution in [-0.2, 0) is 0 Å². The van der Waals surface area contributed by atoms with Gasteiger partial charge in [-0.25, -0.2) is 4.98 Å². The van der Waals surface area contributed by atoms with Crippen molar-refractivity contribution in [1.82, 2.24) is 4.98 Å². The highest BCUT2D eigenvalue weighted by atomic mass is 16.5. The summed E-state index contributed by atoms with van der Waals surface area (Å²) < 4.78 is 5.47. The maximum Gasteiger partial charge on any atom is 0.144 e. The Morgan fingerprint density at radius 1 is 1.40 bits per heavy atom. The third-order valence-corrected chi connectivity index (χ3v) is 2.09. The standard InChI is InChI=1S/C12H10N2O/c1-2-15-12-7-9(8-13)14-11-6-4-3-5-10(11)12/h3-7H,2H2,1H3. The number of benzene rings is 1. The maximum atomic E-state index is 8.82. The summed E-state index contributed by atoms with van der Waals surface area (Å²) in [5.74, 6) is 0.722. The van der Waals surface area contributed by atoms with Crippen molar-refractivity contribution in [3.8, 4) is 11.8 Å². The van der Waals surface area contributed by atoms with Gasteiger partial charge in [0.15, 0.2) is 0 Å². The van der Waals surface area contributed by atoms with Gasteiger partial charge >= 0.3 is 0 Å². The van der Waals surface area contributed by atoms with E-state index in [0.717, 1.165) is 16.7 Å². The van der Waals surface area contributed by atoms with Crippen LogP contribution < -0.4 is 4.74 Å². The van der Waals surface area contributed by atoms with E-state index >= 15 is 0 Å². The molecule has 2 rings (SSSR count). The fourth-order valence-corrected chi connectivity index (χ4v) is 1.48. The van der Waals surface area contributed by atoms with Gasteiger partial charge in [0.05, 0.1) is 12.1 Å². The minimum atomic E-state index is 0.386. The third kappa shape index (κ3) is 1.75. The number of hydrogen-bond acceptors (Lipinski definition) is 3. The Hall–Kier alpha value is -2.08. The first-order chi connectivity index (χ1) is 7.35. The number of hydrogen-bond donors (Lipinski definition) is 0. The Balaban J connectivity index is 2.70. The highest BCUT2D eigenvalue weighted by Crippen LogP contribution is 2.24. The van der Waals surface area contributed by atoms with Gasteiger partial charge in [0.25, 0.3) is 0 Å². The van der Waals surface area contributed by atoms with Crippen LogP contribution >= 0.6 is 0 Å². The molecule has 0 N–H and O–H groups in total. The van der Waals surface area contributed by atoms with Crippen LogP contribution in [0, 0.1) is 11.3 Å². The number of ether oxygens (including phenoxy) is 1. The monoisotopic (exact) mass is 198 g/mol. The van der Waals surface area contributed by atoms with Crippen LogP contribution in [0.15, 0.2) is 30.3 Å². The van der Waals surface area contributed by atoms with Gasteiger partial charge in [-0.1, -0.05) is 12.1 Å². The van der Waals surface area contributed by atoms with Gasteiger partial charge in [0, 0.05) is 11.5 Å². The molecule has 0 unspecified atom stereocenters. The molecule has 0 amide bonds. The molecule has 1 aromatic heterocycles. The highest BCUT2D eigenvalue weighted by Gasteiger charge is 2.05. The van der Waals surface area contributed by atoms with Crippen molar-refractivity contribution in [2.45, 2.75) is 6.92 Å². The molecule has 0 saturated carbocycles. The van der Waals surface area contributed by atoms with E-state index in [2.05, 4.69) is 4.98 Å². The van der Waals surface area contributed by atoms with E-state index in [4.69, 9.17) is 10.00 Å². The van der Waals surface area contributed by atoms with Crippen molar-refractivity contribution in [3.63, 3.8) is 0 Å².